The molecule has 1 atom stereocenters. The first-order chi connectivity index (χ1) is 17.7. The lowest BCUT2D eigenvalue weighted by Gasteiger charge is -2.46. The van der Waals surface area contributed by atoms with Gasteiger partial charge in [-0.2, -0.15) is 4.31 Å². The summed E-state index contributed by atoms with van der Waals surface area (Å²) < 4.78 is 25.3. The molecule has 0 amide bonds. The van der Waals surface area contributed by atoms with Crippen molar-refractivity contribution in [1.29, 1.82) is 0 Å². The topological polar surface area (TPSA) is 110 Å². The number of fused-ring (bicyclic) bond motifs is 1. The Morgan fingerprint density at radius 1 is 1.03 bits per heavy atom. The van der Waals surface area contributed by atoms with Crippen molar-refractivity contribution in [3.05, 3.63) is 71.2 Å². The van der Waals surface area contributed by atoms with E-state index in [0.29, 0.717) is 39.2 Å². The predicted molar refractivity (Wildman–Crippen MR) is 151 cm³/mol. The largest absolute Gasteiger partial charge is 0.478 e. The first kappa shape index (κ1) is 25.9. The molecule has 0 spiro atoms. The van der Waals surface area contributed by atoms with Gasteiger partial charge in [0.15, 0.2) is 0 Å². The normalized spacial score (nSPS) is 21.2. The Morgan fingerprint density at radius 3 is 2.41 bits per heavy atom. The summed E-state index contributed by atoms with van der Waals surface area (Å²) >= 11 is 6.82. The van der Waals surface area contributed by atoms with Crippen LogP contribution in [0.5, 0.6) is 0 Å². The maximum atomic E-state index is 11.8. The molecule has 196 valence electrons. The van der Waals surface area contributed by atoms with Crippen LogP contribution in [0.25, 0.3) is 11.1 Å². The number of aromatic carboxylic acids is 1. The Morgan fingerprint density at radius 2 is 1.73 bits per heavy atom. The Labute approximate surface area is 224 Å². The molecule has 5 N–H and O–H groups in total. The van der Waals surface area contributed by atoms with Gasteiger partial charge in [-0.25, -0.2) is 4.79 Å². The average molecular weight is 542 g/mol. The SMILES string of the molecule is CN1C(C2CCCCC2)CN(c2ccccc2)c2cc(Cl)c(-c3ccc(N)c(C(=O)O)c3)cc2S1(O)O. The maximum Gasteiger partial charge on any atom is 0.337 e. The number of hydrogen-bond donors (Lipinski definition) is 4. The van der Waals surface area contributed by atoms with E-state index in [4.69, 9.17) is 17.3 Å². The van der Waals surface area contributed by atoms with Gasteiger partial charge in [0, 0.05) is 36.6 Å². The monoisotopic (exact) mass is 541 g/mol. The Balaban J connectivity index is 1.69. The molecule has 3 aromatic rings. The van der Waals surface area contributed by atoms with Crippen molar-refractivity contribution in [2.24, 2.45) is 5.92 Å². The molecule has 1 saturated carbocycles. The number of carbonyl (C=O) groups is 1. The van der Waals surface area contributed by atoms with Crippen LogP contribution in [0, 0.1) is 5.92 Å². The van der Waals surface area contributed by atoms with Gasteiger partial charge in [-0.05, 0) is 60.7 Å². The number of carboxylic acids is 1. The molecule has 1 heterocycles. The number of likely N-dealkylation sites (N-methyl/N-ethyl adjacent to an activating group) is 1. The fraction of sp³-hybridized carbons (Fsp3) is 0.321. The predicted octanol–water partition coefficient (Wildman–Crippen LogP) is 7.34. The van der Waals surface area contributed by atoms with E-state index in [1.54, 1.807) is 29.6 Å². The molecule has 0 bridgehead atoms. The second-order valence-electron chi connectivity index (χ2n) is 9.88. The van der Waals surface area contributed by atoms with E-state index in [1.807, 2.05) is 30.3 Å². The number of nitrogens with two attached hydrogens (primary N) is 1. The van der Waals surface area contributed by atoms with Crippen LogP contribution in [0.4, 0.5) is 17.1 Å². The van der Waals surface area contributed by atoms with E-state index in [1.165, 1.54) is 18.6 Å². The van der Waals surface area contributed by atoms with Crippen LogP contribution < -0.4 is 10.6 Å². The highest BCUT2D eigenvalue weighted by Gasteiger charge is 2.41. The summed E-state index contributed by atoms with van der Waals surface area (Å²) in [4.78, 5) is 14.2. The number of nitrogens with zero attached hydrogens (tertiary/aromatic N) is 2. The summed E-state index contributed by atoms with van der Waals surface area (Å²) in [5.74, 6) is -0.796. The van der Waals surface area contributed by atoms with Crippen LogP contribution in [0.2, 0.25) is 5.02 Å². The lowest BCUT2D eigenvalue weighted by atomic mass is 9.83. The minimum Gasteiger partial charge on any atom is -0.478 e. The maximum absolute atomic E-state index is 11.8. The van der Waals surface area contributed by atoms with E-state index in [0.717, 1.165) is 31.4 Å². The summed E-state index contributed by atoms with van der Waals surface area (Å²) in [6.07, 6.45) is 5.61. The number of hydrogen-bond acceptors (Lipinski definition) is 6. The van der Waals surface area contributed by atoms with Gasteiger partial charge in [-0.15, -0.1) is 10.8 Å². The van der Waals surface area contributed by atoms with Crippen LogP contribution in [0.3, 0.4) is 0 Å². The Hall–Kier alpha value is -2.75. The fourth-order valence-electron chi connectivity index (χ4n) is 5.67. The molecular formula is C28H32ClN3O4S. The van der Waals surface area contributed by atoms with Gasteiger partial charge in [-0.1, -0.05) is 55.1 Å². The number of benzene rings is 3. The molecule has 3 aromatic carbocycles. The van der Waals surface area contributed by atoms with E-state index in [-0.39, 0.29) is 17.3 Å². The molecule has 0 aromatic heterocycles. The zero-order chi connectivity index (χ0) is 26.3. The smallest absolute Gasteiger partial charge is 0.337 e. The second-order valence-corrected chi connectivity index (χ2v) is 12.3. The van der Waals surface area contributed by atoms with E-state index < -0.39 is 16.7 Å². The minimum atomic E-state index is -3.39. The second kappa shape index (κ2) is 10.2. The number of anilines is 3. The number of nitrogen functional groups attached to an aromatic ring is 1. The third-order valence-electron chi connectivity index (χ3n) is 7.73. The molecule has 1 unspecified atom stereocenters. The molecule has 0 radical (unpaired) electrons. The molecule has 1 aliphatic heterocycles. The number of rotatable bonds is 4. The van der Waals surface area contributed by atoms with Crippen LogP contribution >= 0.6 is 22.4 Å². The Kier molecular flexibility index (Phi) is 7.13. The van der Waals surface area contributed by atoms with E-state index in [9.17, 15) is 19.0 Å². The van der Waals surface area contributed by atoms with Crippen molar-refractivity contribution < 1.29 is 19.0 Å². The number of para-hydroxylation sites is 1. The third kappa shape index (κ3) is 4.80. The van der Waals surface area contributed by atoms with Gasteiger partial charge in [0.05, 0.1) is 21.2 Å². The summed E-state index contributed by atoms with van der Waals surface area (Å²) in [5.41, 5.74) is 8.62. The molecule has 0 saturated heterocycles. The van der Waals surface area contributed by atoms with Gasteiger partial charge in [0.2, 0.25) is 0 Å². The standard InChI is InChI=1S/C28H32ClN3O4S/c1-31-26(18-8-4-2-5-9-18)17-32(20-10-6-3-7-11-20)25-16-23(29)21(15-27(25)37(31,35)36)19-12-13-24(30)22(14-19)28(33)34/h3,6-7,10-16,18,26,35-36H,2,4-5,8-9,17,30H2,1H3,(H,33,34). The highest BCUT2D eigenvalue weighted by molar-refractivity contribution is 8.22. The van der Waals surface area contributed by atoms with Crippen molar-refractivity contribution in [3.8, 4) is 11.1 Å². The Bertz CT molecular complexity index is 1310. The highest BCUT2D eigenvalue weighted by atomic mass is 35.5. The summed E-state index contributed by atoms with van der Waals surface area (Å²) in [6.45, 7) is 0.592. The zero-order valence-electron chi connectivity index (χ0n) is 20.7. The molecule has 5 rings (SSSR count). The lowest BCUT2D eigenvalue weighted by molar-refractivity contribution is 0.0698. The van der Waals surface area contributed by atoms with Gasteiger partial charge in [0.25, 0.3) is 0 Å². The van der Waals surface area contributed by atoms with Crippen LogP contribution in [0.1, 0.15) is 42.5 Å². The zero-order valence-corrected chi connectivity index (χ0v) is 22.3. The summed E-state index contributed by atoms with van der Waals surface area (Å²) in [6, 6.07) is 18.0. The van der Waals surface area contributed by atoms with E-state index >= 15 is 0 Å². The lowest BCUT2D eigenvalue weighted by Crippen LogP contribution is -2.45. The fourth-order valence-corrected chi connectivity index (χ4v) is 7.58. The van der Waals surface area contributed by atoms with Gasteiger partial charge < -0.3 is 15.7 Å². The van der Waals surface area contributed by atoms with Crippen molar-refractivity contribution >= 4 is 45.4 Å². The molecule has 1 fully saturated rings. The van der Waals surface area contributed by atoms with Crippen molar-refractivity contribution in [2.45, 2.75) is 43.0 Å². The van der Waals surface area contributed by atoms with Crippen LogP contribution in [-0.4, -0.2) is 44.1 Å². The molecule has 9 heteroatoms. The first-order valence-electron chi connectivity index (χ1n) is 12.5. The summed E-state index contributed by atoms with van der Waals surface area (Å²) in [7, 11) is -1.59. The molecule has 37 heavy (non-hydrogen) atoms. The van der Waals surface area contributed by atoms with E-state index in [2.05, 4.69) is 4.90 Å². The molecule has 1 aliphatic carbocycles. The highest BCUT2D eigenvalue weighted by Crippen LogP contribution is 2.60. The molecule has 7 nitrogen and oxygen atoms in total. The average Bonchev–Trinajstić information content (AvgIpc) is 2.97. The van der Waals surface area contributed by atoms with Crippen molar-refractivity contribution in [1.82, 2.24) is 4.31 Å². The molecular weight excluding hydrogens is 510 g/mol. The number of halogens is 1. The van der Waals surface area contributed by atoms with Crippen molar-refractivity contribution in [2.75, 3.05) is 24.2 Å². The van der Waals surface area contributed by atoms with Gasteiger partial charge in [0.1, 0.15) is 0 Å². The summed E-state index contributed by atoms with van der Waals surface area (Å²) in [5, 5.41) is 9.95. The van der Waals surface area contributed by atoms with Crippen molar-refractivity contribution in [3.63, 3.8) is 0 Å². The third-order valence-corrected chi connectivity index (χ3v) is 10.0. The first-order valence-corrected chi connectivity index (χ1v) is 14.4. The van der Waals surface area contributed by atoms with Crippen LogP contribution in [0.15, 0.2) is 65.6 Å². The minimum absolute atomic E-state index is 0.0319. The quantitative estimate of drug-likeness (QED) is 0.256. The number of carboxylic acid groups (broad SMARTS) is 1. The van der Waals surface area contributed by atoms with Crippen LogP contribution in [-0.2, 0) is 0 Å². The van der Waals surface area contributed by atoms with Gasteiger partial charge in [-0.3, -0.25) is 9.11 Å². The molecule has 2 aliphatic rings. The van der Waals surface area contributed by atoms with Gasteiger partial charge >= 0.3 is 5.97 Å².